The molecule has 0 radical (unpaired) electrons. The Kier molecular flexibility index (Phi) is 4.33. The fourth-order valence-corrected chi connectivity index (χ4v) is 4.29. The van der Waals surface area contributed by atoms with Crippen molar-refractivity contribution in [2.75, 3.05) is 13.2 Å². The minimum absolute atomic E-state index is 0.00386. The Bertz CT molecular complexity index is 1140. The third-order valence-corrected chi connectivity index (χ3v) is 5.99. The van der Waals surface area contributed by atoms with Gasteiger partial charge in [0, 0.05) is 5.69 Å². The van der Waals surface area contributed by atoms with E-state index in [1.54, 1.807) is 10.6 Å². The summed E-state index contributed by atoms with van der Waals surface area (Å²) >= 11 is 6.34. The molecule has 0 unspecified atom stereocenters. The number of H-pyrrole nitrogens is 1. The van der Waals surface area contributed by atoms with Crippen LogP contribution in [0, 0.1) is 5.92 Å². The van der Waals surface area contributed by atoms with Crippen molar-refractivity contribution in [3.8, 4) is 5.69 Å². The fourth-order valence-electron chi connectivity index (χ4n) is 4.00. The molecule has 1 aliphatic heterocycles. The number of halogens is 1. The van der Waals surface area contributed by atoms with Crippen molar-refractivity contribution in [1.82, 2.24) is 19.4 Å². The van der Waals surface area contributed by atoms with Crippen molar-refractivity contribution in [3.63, 3.8) is 0 Å². The van der Waals surface area contributed by atoms with Gasteiger partial charge in [-0.25, -0.2) is 9.78 Å². The van der Waals surface area contributed by atoms with Crippen LogP contribution in [0.4, 0.5) is 4.79 Å². The van der Waals surface area contributed by atoms with Gasteiger partial charge in [0.05, 0.1) is 37.0 Å². The highest BCUT2D eigenvalue weighted by Gasteiger charge is 2.40. The number of rotatable bonds is 3. The van der Waals surface area contributed by atoms with Crippen LogP contribution in [-0.2, 0) is 4.74 Å². The Hall–Kier alpha value is -2.84. The average molecular weight is 415 g/mol. The first-order valence-electron chi connectivity index (χ1n) is 9.49. The second-order valence-corrected chi connectivity index (χ2v) is 7.91. The van der Waals surface area contributed by atoms with Crippen molar-refractivity contribution in [1.29, 1.82) is 0 Å². The molecule has 1 aliphatic carbocycles. The lowest BCUT2D eigenvalue weighted by molar-refractivity contribution is -0.0639. The van der Waals surface area contributed by atoms with E-state index in [9.17, 15) is 14.7 Å². The topological polar surface area (TPSA) is 100 Å². The summed E-state index contributed by atoms with van der Waals surface area (Å²) in [6, 6.07) is 8.65. The number of hydrogen-bond acceptors (Lipinski definition) is 4. The smallest absolute Gasteiger partial charge is 0.407 e. The summed E-state index contributed by atoms with van der Waals surface area (Å²) in [5, 5.41) is 10.5. The second kappa shape index (κ2) is 6.89. The Morgan fingerprint density at radius 1 is 1.28 bits per heavy atom. The molecule has 2 atom stereocenters. The lowest BCUT2D eigenvalue weighted by Crippen LogP contribution is -2.47. The monoisotopic (exact) mass is 414 g/mol. The maximum atomic E-state index is 12.0. The molecule has 0 spiro atoms. The number of aromatic amines is 1. The number of hydrogen-bond donors (Lipinski definition) is 2. The molecule has 1 amide bonds. The van der Waals surface area contributed by atoms with Gasteiger partial charge in [0.2, 0.25) is 0 Å². The van der Waals surface area contributed by atoms with Gasteiger partial charge in [-0.05, 0) is 42.5 Å². The molecule has 1 saturated carbocycles. The first-order chi connectivity index (χ1) is 14.0. The van der Waals surface area contributed by atoms with Crippen LogP contribution in [0.25, 0.3) is 16.7 Å². The lowest BCUT2D eigenvalue weighted by Gasteiger charge is -2.38. The van der Waals surface area contributed by atoms with E-state index in [0.29, 0.717) is 35.3 Å². The third-order valence-electron chi connectivity index (χ3n) is 5.71. The van der Waals surface area contributed by atoms with Crippen LogP contribution in [0.5, 0.6) is 0 Å². The molecule has 5 rings (SSSR count). The first-order valence-corrected chi connectivity index (χ1v) is 9.87. The molecule has 8 nitrogen and oxygen atoms in total. The number of amides is 1. The van der Waals surface area contributed by atoms with E-state index in [1.807, 2.05) is 24.3 Å². The summed E-state index contributed by atoms with van der Waals surface area (Å²) in [6.07, 6.45) is 2.62. The summed E-state index contributed by atoms with van der Waals surface area (Å²) in [5.74, 6) is 0.486. The number of morpholine rings is 1. The van der Waals surface area contributed by atoms with Crippen LogP contribution in [0.1, 0.15) is 24.4 Å². The molecule has 2 fully saturated rings. The quantitative estimate of drug-likeness (QED) is 0.685. The van der Waals surface area contributed by atoms with Gasteiger partial charge in [-0.3, -0.25) is 14.3 Å². The van der Waals surface area contributed by atoms with E-state index in [4.69, 9.17) is 16.3 Å². The van der Waals surface area contributed by atoms with Gasteiger partial charge in [0.15, 0.2) is 5.65 Å². The maximum absolute atomic E-state index is 12.0. The molecule has 29 heavy (non-hydrogen) atoms. The Morgan fingerprint density at radius 2 is 2.03 bits per heavy atom. The van der Waals surface area contributed by atoms with E-state index in [-0.39, 0.29) is 17.7 Å². The lowest BCUT2D eigenvalue weighted by atomic mass is 10.0. The van der Waals surface area contributed by atoms with E-state index in [0.717, 1.165) is 24.1 Å². The van der Waals surface area contributed by atoms with E-state index < -0.39 is 6.09 Å². The molecule has 2 N–H and O–H groups in total. The van der Waals surface area contributed by atoms with Crippen LogP contribution in [0.15, 0.2) is 41.5 Å². The zero-order valence-electron chi connectivity index (χ0n) is 15.4. The molecule has 3 aromatic rings. The van der Waals surface area contributed by atoms with Crippen LogP contribution in [0.2, 0.25) is 5.15 Å². The molecule has 150 valence electrons. The molecule has 2 aliphatic rings. The van der Waals surface area contributed by atoms with Gasteiger partial charge >= 0.3 is 6.09 Å². The second-order valence-electron chi connectivity index (χ2n) is 7.52. The zero-order chi connectivity index (χ0) is 20.1. The summed E-state index contributed by atoms with van der Waals surface area (Å²) in [4.78, 5) is 32.0. The SMILES string of the molecule is O=C(O)N1C[C@@H](C2CC2)OC[C@@H]1c1ccc(-n2c(Cl)cc3c(=O)[nH]cnc32)cc1. The predicted molar refractivity (Wildman–Crippen MR) is 107 cm³/mol. The number of ether oxygens (including phenoxy) is 1. The van der Waals surface area contributed by atoms with Crippen molar-refractivity contribution >= 4 is 28.7 Å². The highest BCUT2D eigenvalue weighted by molar-refractivity contribution is 6.31. The molecule has 9 heteroatoms. The van der Waals surface area contributed by atoms with Crippen molar-refractivity contribution in [2.24, 2.45) is 5.92 Å². The van der Waals surface area contributed by atoms with Crippen LogP contribution in [-0.4, -0.2) is 49.9 Å². The Labute approximate surface area is 170 Å². The predicted octanol–water partition coefficient (Wildman–Crippen LogP) is 3.20. The van der Waals surface area contributed by atoms with Gasteiger partial charge in [-0.2, -0.15) is 0 Å². The van der Waals surface area contributed by atoms with E-state index >= 15 is 0 Å². The number of carbonyl (C=O) groups is 1. The zero-order valence-corrected chi connectivity index (χ0v) is 16.2. The first kappa shape index (κ1) is 18.2. The van der Waals surface area contributed by atoms with E-state index in [1.165, 1.54) is 11.2 Å². The normalized spacial score (nSPS) is 22.2. The summed E-state index contributed by atoms with van der Waals surface area (Å²) in [7, 11) is 0. The minimum atomic E-state index is -0.934. The molecule has 2 aromatic heterocycles. The average Bonchev–Trinajstić information content (AvgIpc) is 3.51. The summed E-state index contributed by atoms with van der Waals surface area (Å²) < 4.78 is 7.65. The van der Waals surface area contributed by atoms with E-state index in [2.05, 4.69) is 9.97 Å². The van der Waals surface area contributed by atoms with Gasteiger partial charge in [0.25, 0.3) is 5.56 Å². The Morgan fingerprint density at radius 3 is 2.72 bits per heavy atom. The molecular formula is C20H19ClN4O4. The number of benzene rings is 1. The van der Waals surface area contributed by atoms with Gasteiger partial charge in [-0.1, -0.05) is 23.7 Å². The number of carboxylic acid groups (broad SMARTS) is 1. The minimum Gasteiger partial charge on any atom is -0.465 e. The molecule has 0 bridgehead atoms. The largest absolute Gasteiger partial charge is 0.465 e. The number of aromatic nitrogens is 3. The molecule has 3 heterocycles. The van der Waals surface area contributed by atoms with Crippen LogP contribution >= 0.6 is 11.6 Å². The standard InChI is InChI=1S/C20H19ClN4O4/c21-17-7-14-18(22-10-23-19(14)26)25(17)13-5-3-11(4-6-13)15-9-29-16(12-1-2-12)8-24(15)20(27)28/h3-7,10,12,15-16H,1-2,8-9H2,(H,27,28)(H,22,23,26)/t15-,16+/m1/s1. The fraction of sp³-hybridized carbons (Fsp3) is 0.350. The summed E-state index contributed by atoms with van der Waals surface area (Å²) in [5.41, 5.74) is 1.80. The number of nitrogens with one attached hydrogen (secondary N) is 1. The number of nitrogens with zero attached hydrogens (tertiary/aromatic N) is 3. The van der Waals surface area contributed by atoms with Crippen LogP contribution in [0.3, 0.4) is 0 Å². The summed E-state index contributed by atoms with van der Waals surface area (Å²) in [6.45, 7) is 0.740. The van der Waals surface area contributed by atoms with Gasteiger partial charge in [0.1, 0.15) is 5.15 Å². The Balaban J connectivity index is 1.46. The van der Waals surface area contributed by atoms with Gasteiger partial charge in [-0.15, -0.1) is 0 Å². The van der Waals surface area contributed by atoms with Gasteiger partial charge < -0.3 is 14.8 Å². The molecule has 1 aromatic carbocycles. The van der Waals surface area contributed by atoms with Crippen LogP contribution < -0.4 is 5.56 Å². The molecular weight excluding hydrogens is 396 g/mol. The third kappa shape index (κ3) is 3.18. The molecule has 1 saturated heterocycles. The highest BCUT2D eigenvalue weighted by atomic mass is 35.5. The van der Waals surface area contributed by atoms with Crippen molar-refractivity contribution in [3.05, 3.63) is 57.7 Å². The maximum Gasteiger partial charge on any atom is 0.407 e. The van der Waals surface area contributed by atoms with Crippen molar-refractivity contribution in [2.45, 2.75) is 25.0 Å². The number of fused-ring (bicyclic) bond motifs is 1. The van der Waals surface area contributed by atoms with Crippen molar-refractivity contribution < 1.29 is 14.6 Å². The highest BCUT2D eigenvalue weighted by Crippen LogP contribution is 2.39.